The first-order valence-electron chi connectivity index (χ1n) is 6.71. The van der Waals surface area contributed by atoms with Gasteiger partial charge in [-0.2, -0.15) is 5.10 Å². The molecule has 1 amide bonds. The molecule has 106 valence electrons. The molecule has 2 aromatic rings. The van der Waals surface area contributed by atoms with E-state index in [0.29, 0.717) is 17.8 Å². The maximum Gasteiger partial charge on any atom is 0.251 e. The van der Waals surface area contributed by atoms with Crippen molar-refractivity contribution >= 4 is 11.6 Å². The lowest BCUT2D eigenvalue weighted by atomic mass is 10.1. The summed E-state index contributed by atoms with van der Waals surface area (Å²) in [7, 11) is 0. The highest BCUT2D eigenvalue weighted by molar-refractivity contribution is 5.95. The number of carbonyl (C=O) groups is 1. The number of aryl methyl sites for hydroxylation is 3. The number of nitrogens with zero attached hydrogens (tertiary/aromatic N) is 1. The van der Waals surface area contributed by atoms with Crippen LogP contribution in [0.5, 0.6) is 0 Å². The lowest BCUT2D eigenvalue weighted by Gasteiger charge is -2.08. The Labute approximate surface area is 118 Å². The fourth-order valence-corrected chi connectivity index (χ4v) is 2.15. The maximum atomic E-state index is 12.0. The molecule has 0 aliphatic rings. The minimum Gasteiger partial charge on any atom is -0.399 e. The minimum atomic E-state index is -0.0496. The number of nitrogen functional groups attached to an aromatic ring is 1. The molecule has 0 unspecified atom stereocenters. The zero-order chi connectivity index (χ0) is 14.5. The van der Waals surface area contributed by atoms with Crippen molar-refractivity contribution in [3.8, 4) is 0 Å². The van der Waals surface area contributed by atoms with Gasteiger partial charge in [-0.25, -0.2) is 0 Å². The number of anilines is 1. The van der Waals surface area contributed by atoms with Crippen molar-refractivity contribution in [3.63, 3.8) is 0 Å². The van der Waals surface area contributed by atoms with Crippen LogP contribution in [0.1, 0.15) is 33.6 Å². The van der Waals surface area contributed by atoms with Gasteiger partial charge < -0.3 is 11.1 Å². The first-order chi connectivity index (χ1) is 9.58. The van der Waals surface area contributed by atoms with Crippen molar-refractivity contribution in [2.75, 3.05) is 12.3 Å². The fraction of sp³-hybridized carbons (Fsp3) is 0.333. The number of aromatic amines is 1. The van der Waals surface area contributed by atoms with Crippen LogP contribution in [0.25, 0.3) is 0 Å². The number of hydrogen-bond donors (Lipinski definition) is 3. The van der Waals surface area contributed by atoms with Gasteiger partial charge in [0, 0.05) is 23.5 Å². The molecule has 2 rings (SSSR count). The molecule has 1 aromatic heterocycles. The Morgan fingerprint density at radius 3 is 2.85 bits per heavy atom. The predicted octanol–water partition coefficient (Wildman–Crippen LogP) is 1.97. The van der Waals surface area contributed by atoms with Crippen molar-refractivity contribution in [2.45, 2.75) is 26.7 Å². The van der Waals surface area contributed by atoms with Crippen LogP contribution in [0.15, 0.2) is 24.4 Å². The third kappa shape index (κ3) is 3.38. The molecule has 0 atom stereocenters. The summed E-state index contributed by atoms with van der Waals surface area (Å²) in [6, 6.07) is 5.32. The molecule has 0 bridgehead atoms. The van der Waals surface area contributed by atoms with Crippen LogP contribution in [0, 0.1) is 13.8 Å². The summed E-state index contributed by atoms with van der Waals surface area (Å²) in [5, 5.41) is 9.82. The van der Waals surface area contributed by atoms with E-state index in [1.165, 1.54) is 5.56 Å². The number of carbonyl (C=O) groups excluding carboxylic acids is 1. The van der Waals surface area contributed by atoms with Gasteiger partial charge in [0.05, 0.1) is 6.20 Å². The summed E-state index contributed by atoms with van der Waals surface area (Å²) in [5.41, 5.74) is 10.2. The summed E-state index contributed by atoms with van der Waals surface area (Å²) in [6.45, 7) is 4.53. The number of aromatic nitrogens is 2. The summed E-state index contributed by atoms with van der Waals surface area (Å²) in [4.78, 5) is 12.0. The maximum absolute atomic E-state index is 12.0. The standard InChI is InChI=1S/C15H20N4O/c1-10-8-13(16)5-6-14(10)15(20)17-7-3-4-12-9-18-19-11(12)2/h5-6,8-9H,3-4,7,16H2,1-2H3,(H,17,20)(H,18,19). The van der Waals surface area contributed by atoms with E-state index in [1.54, 1.807) is 12.1 Å². The Morgan fingerprint density at radius 2 is 2.20 bits per heavy atom. The van der Waals surface area contributed by atoms with E-state index in [0.717, 1.165) is 24.1 Å². The summed E-state index contributed by atoms with van der Waals surface area (Å²) in [5.74, 6) is -0.0496. The van der Waals surface area contributed by atoms with E-state index in [9.17, 15) is 4.79 Å². The lowest BCUT2D eigenvalue weighted by Crippen LogP contribution is -2.25. The number of H-pyrrole nitrogens is 1. The minimum absolute atomic E-state index is 0.0496. The average molecular weight is 272 g/mol. The van der Waals surface area contributed by atoms with Gasteiger partial charge in [0.25, 0.3) is 5.91 Å². The van der Waals surface area contributed by atoms with Crippen molar-refractivity contribution in [1.29, 1.82) is 0 Å². The summed E-state index contributed by atoms with van der Waals surface area (Å²) < 4.78 is 0. The van der Waals surface area contributed by atoms with Gasteiger partial charge in [0.2, 0.25) is 0 Å². The molecule has 0 aliphatic heterocycles. The first kappa shape index (κ1) is 14.1. The molecule has 5 nitrogen and oxygen atoms in total. The van der Waals surface area contributed by atoms with E-state index in [4.69, 9.17) is 5.73 Å². The van der Waals surface area contributed by atoms with E-state index in [1.807, 2.05) is 26.1 Å². The highest BCUT2D eigenvalue weighted by Crippen LogP contribution is 2.12. The normalized spacial score (nSPS) is 10.5. The van der Waals surface area contributed by atoms with Crippen molar-refractivity contribution in [1.82, 2.24) is 15.5 Å². The monoisotopic (exact) mass is 272 g/mol. The molecule has 20 heavy (non-hydrogen) atoms. The quantitative estimate of drug-likeness (QED) is 0.574. The van der Waals surface area contributed by atoms with Gasteiger partial charge in [-0.1, -0.05) is 0 Å². The lowest BCUT2D eigenvalue weighted by molar-refractivity contribution is 0.0952. The second kappa shape index (κ2) is 6.23. The van der Waals surface area contributed by atoms with Gasteiger partial charge in [0.15, 0.2) is 0 Å². The van der Waals surface area contributed by atoms with Gasteiger partial charge >= 0.3 is 0 Å². The zero-order valence-corrected chi connectivity index (χ0v) is 11.9. The molecule has 0 fully saturated rings. The predicted molar refractivity (Wildman–Crippen MR) is 79.6 cm³/mol. The zero-order valence-electron chi connectivity index (χ0n) is 11.9. The average Bonchev–Trinajstić information content (AvgIpc) is 2.80. The Kier molecular flexibility index (Phi) is 4.40. The summed E-state index contributed by atoms with van der Waals surface area (Å²) in [6.07, 6.45) is 3.63. The molecular formula is C15H20N4O. The van der Waals surface area contributed by atoms with Gasteiger partial charge in [-0.05, 0) is 56.0 Å². The van der Waals surface area contributed by atoms with Crippen LogP contribution in [-0.4, -0.2) is 22.6 Å². The molecule has 4 N–H and O–H groups in total. The molecule has 0 aliphatic carbocycles. The van der Waals surface area contributed by atoms with Gasteiger partial charge in [-0.3, -0.25) is 9.89 Å². The number of hydrogen-bond acceptors (Lipinski definition) is 3. The van der Waals surface area contributed by atoms with Crippen LogP contribution >= 0.6 is 0 Å². The van der Waals surface area contributed by atoms with Crippen molar-refractivity contribution in [2.24, 2.45) is 0 Å². The smallest absolute Gasteiger partial charge is 0.251 e. The van der Waals surface area contributed by atoms with Gasteiger partial charge in [0.1, 0.15) is 0 Å². The van der Waals surface area contributed by atoms with Crippen molar-refractivity contribution in [3.05, 3.63) is 46.8 Å². The third-order valence-electron chi connectivity index (χ3n) is 3.34. The van der Waals surface area contributed by atoms with Crippen LogP contribution in [0.4, 0.5) is 5.69 Å². The molecule has 0 saturated heterocycles. The fourth-order valence-electron chi connectivity index (χ4n) is 2.15. The number of nitrogens with two attached hydrogens (primary N) is 1. The Hall–Kier alpha value is -2.30. The number of amides is 1. The van der Waals surface area contributed by atoms with Crippen LogP contribution < -0.4 is 11.1 Å². The highest BCUT2D eigenvalue weighted by Gasteiger charge is 2.08. The second-order valence-corrected chi connectivity index (χ2v) is 4.95. The topological polar surface area (TPSA) is 83.8 Å². The van der Waals surface area contributed by atoms with Crippen LogP contribution in [0.2, 0.25) is 0 Å². The van der Waals surface area contributed by atoms with E-state index in [2.05, 4.69) is 15.5 Å². The second-order valence-electron chi connectivity index (χ2n) is 4.95. The van der Waals surface area contributed by atoms with Crippen molar-refractivity contribution < 1.29 is 4.79 Å². The first-order valence-corrected chi connectivity index (χ1v) is 6.71. The van der Waals surface area contributed by atoms with Gasteiger partial charge in [-0.15, -0.1) is 0 Å². The van der Waals surface area contributed by atoms with E-state index < -0.39 is 0 Å². The Balaban J connectivity index is 1.82. The SMILES string of the molecule is Cc1cc(N)ccc1C(=O)NCCCc1cn[nH]c1C. The number of rotatable bonds is 5. The molecular weight excluding hydrogens is 252 g/mol. The third-order valence-corrected chi connectivity index (χ3v) is 3.34. The summed E-state index contributed by atoms with van der Waals surface area (Å²) >= 11 is 0. The largest absolute Gasteiger partial charge is 0.399 e. The van der Waals surface area contributed by atoms with Crippen LogP contribution in [-0.2, 0) is 6.42 Å². The Morgan fingerprint density at radius 1 is 1.40 bits per heavy atom. The molecule has 0 radical (unpaired) electrons. The molecule has 0 spiro atoms. The number of nitrogens with one attached hydrogen (secondary N) is 2. The molecule has 1 aromatic carbocycles. The van der Waals surface area contributed by atoms with Crippen LogP contribution in [0.3, 0.4) is 0 Å². The Bertz CT molecular complexity index is 604. The van der Waals surface area contributed by atoms with E-state index in [-0.39, 0.29) is 5.91 Å². The molecule has 5 heteroatoms. The number of benzene rings is 1. The highest BCUT2D eigenvalue weighted by atomic mass is 16.1. The molecule has 0 saturated carbocycles. The molecule has 1 heterocycles. The van der Waals surface area contributed by atoms with E-state index >= 15 is 0 Å².